The molecule has 0 radical (unpaired) electrons. The van der Waals surface area contributed by atoms with Crippen LogP contribution in [0.3, 0.4) is 0 Å². The predicted octanol–water partition coefficient (Wildman–Crippen LogP) is 3.64. The fraction of sp³-hybridized carbons (Fsp3) is 0.381. The van der Waals surface area contributed by atoms with Gasteiger partial charge in [0.05, 0.1) is 11.4 Å². The van der Waals surface area contributed by atoms with Gasteiger partial charge in [-0.05, 0) is 74.1 Å². The van der Waals surface area contributed by atoms with Crippen molar-refractivity contribution < 1.29 is 18.0 Å². The topological polar surface area (TPSA) is 84.4 Å². The average molecular weight is 433 g/mol. The highest BCUT2D eigenvalue weighted by molar-refractivity contribution is 8.14. The molecular weight excluding hydrogens is 408 g/mol. The molecule has 1 aromatic carbocycles. The minimum Gasteiger partial charge on any atom is -0.293 e. The summed E-state index contributed by atoms with van der Waals surface area (Å²) < 4.78 is 27.7. The quantitative estimate of drug-likeness (QED) is 0.621. The average Bonchev–Trinajstić information content (AvgIpc) is 2.72. The smallest absolute Gasteiger partial charge is 0.281 e. The van der Waals surface area contributed by atoms with Crippen molar-refractivity contribution in [2.24, 2.45) is 0 Å². The molecule has 29 heavy (non-hydrogen) atoms. The van der Waals surface area contributed by atoms with E-state index in [1.807, 2.05) is 0 Å². The molecule has 1 heterocycles. The van der Waals surface area contributed by atoms with E-state index < -0.39 is 10.0 Å². The number of benzene rings is 1. The summed E-state index contributed by atoms with van der Waals surface area (Å²) in [5.74, 6) is -0.0947. The number of carbonyl (C=O) groups is 2. The lowest BCUT2D eigenvalue weighted by molar-refractivity contribution is -0.109. The number of thioether (sulfide) groups is 1. The Labute approximate surface area is 175 Å². The van der Waals surface area contributed by atoms with Gasteiger partial charge in [-0.2, -0.15) is 8.42 Å². The van der Waals surface area contributed by atoms with E-state index in [0.29, 0.717) is 11.3 Å². The first-order chi connectivity index (χ1) is 13.8. The van der Waals surface area contributed by atoms with Crippen LogP contribution in [0.1, 0.15) is 48.2 Å². The fourth-order valence-corrected chi connectivity index (χ4v) is 5.34. The van der Waals surface area contributed by atoms with Crippen molar-refractivity contribution in [2.45, 2.75) is 44.6 Å². The van der Waals surface area contributed by atoms with Gasteiger partial charge < -0.3 is 0 Å². The SMILES string of the molecule is CCN(c1ccc(C(=O)CSC(C)=O)cc1)S(=O)(=O)c1cc2c(cn1)CCCC2. The lowest BCUT2D eigenvalue weighted by Crippen LogP contribution is -2.31. The van der Waals surface area contributed by atoms with Gasteiger partial charge in [-0.1, -0.05) is 11.8 Å². The number of ketones is 1. The first-order valence-electron chi connectivity index (χ1n) is 9.60. The molecular formula is C21H24N2O4S2. The molecule has 154 valence electrons. The largest absolute Gasteiger partial charge is 0.293 e. The van der Waals surface area contributed by atoms with E-state index in [0.717, 1.165) is 48.6 Å². The van der Waals surface area contributed by atoms with Crippen molar-refractivity contribution in [2.75, 3.05) is 16.6 Å². The molecule has 2 aromatic rings. The molecule has 1 aromatic heterocycles. The standard InChI is InChI=1S/C21H24N2O4S2/c1-3-23(19-10-8-16(9-11-19)20(25)14-28-15(2)24)29(26,27)21-12-17-6-4-5-7-18(17)13-22-21/h8-13H,3-7,14H2,1-2H3. The Morgan fingerprint density at radius 2 is 1.76 bits per heavy atom. The Balaban J connectivity index is 1.84. The van der Waals surface area contributed by atoms with Gasteiger partial charge in [-0.3, -0.25) is 13.9 Å². The number of hydrogen-bond donors (Lipinski definition) is 0. The lowest BCUT2D eigenvalue weighted by Gasteiger charge is -2.23. The minimum atomic E-state index is -3.80. The van der Waals surface area contributed by atoms with Crippen LogP contribution in [-0.2, 0) is 27.7 Å². The van der Waals surface area contributed by atoms with E-state index >= 15 is 0 Å². The molecule has 0 N–H and O–H groups in total. The van der Waals surface area contributed by atoms with Gasteiger partial charge in [0.15, 0.2) is 15.9 Å². The van der Waals surface area contributed by atoms with Crippen LogP contribution in [-0.4, -0.2) is 36.6 Å². The van der Waals surface area contributed by atoms with Gasteiger partial charge in [0.1, 0.15) is 0 Å². The number of anilines is 1. The normalized spacial score (nSPS) is 13.6. The molecule has 0 spiro atoms. The molecule has 0 saturated carbocycles. The predicted molar refractivity (Wildman–Crippen MR) is 115 cm³/mol. The Bertz CT molecular complexity index is 1020. The summed E-state index contributed by atoms with van der Waals surface area (Å²) in [5, 5.41) is -0.0613. The third-order valence-electron chi connectivity index (χ3n) is 4.93. The van der Waals surface area contributed by atoms with Crippen molar-refractivity contribution in [3.63, 3.8) is 0 Å². The third kappa shape index (κ3) is 4.87. The number of rotatable bonds is 7. The second-order valence-electron chi connectivity index (χ2n) is 6.92. The zero-order chi connectivity index (χ0) is 21.0. The molecule has 0 saturated heterocycles. The molecule has 0 fully saturated rings. The molecule has 1 aliphatic carbocycles. The van der Waals surface area contributed by atoms with Crippen LogP contribution >= 0.6 is 11.8 Å². The van der Waals surface area contributed by atoms with Crippen LogP contribution < -0.4 is 4.31 Å². The van der Waals surface area contributed by atoms with Gasteiger partial charge in [0, 0.05) is 25.2 Å². The number of Topliss-reactive ketones (excluding diaryl/α,β-unsaturated/α-hetero) is 1. The summed E-state index contributed by atoms with van der Waals surface area (Å²) in [6, 6.07) is 8.12. The number of sulfonamides is 1. The van der Waals surface area contributed by atoms with E-state index in [-0.39, 0.29) is 28.2 Å². The molecule has 8 heteroatoms. The van der Waals surface area contributed by atoms with E-state index in [9.17, 15) is 18.0 Å². The summed E-state index contributed by atoms with van der Waals surface area (Å²) in [5.41, 5.74) is 3.11. The van der Waals surface area contributed by atoms with E-state index in [1.165, 1.54) is 11.2 Å². The van der Waals surface area contributed by atoms with Crippen molar-refractivity contribution in [1.82, 2.24) is 4.98 Å². The Kier molecular flexibility index (Phi) is 6.74. The molecule has 0 unspecified atom stereocenters. The third-order valence-corrected chi connectivity index (χ3v) is 7.54. The number of fused-ring (bicyclic) bond motifs is 1. The fourth-order valence-electron chi connectivity index (χ4n) is 3.40. The number of aromatic nitrogens is 1. The highest BCUT2D eigenvalue weighted by Crippen LogP contribution is 2.27. The van der Waals surface area contributed by atoms with Gasteiger partial charge >= 0.3 is 0 Å². The number of hydrogen-bond acceptors (Lipinski definition) is 6. The lowest BCUT2D eigenvalue weighted by atomic mass is 9.94. The van der Waals surface area contributed by atoms with Crippen molar-refractivity contribution in [1.29, 1.82) is 0 Å². The summed E-state index contributed by atoms with van der Waals surface area (Å²) in [6.45, 7) is 3.42. The second-order valence-corrected chi connectivity index (χ2v) is 9.88. The van der Waals surface area contributed by atoms with Gasteiger partial charge in [-0.15, -0.1) is 0 Å². The Morgan fingerprint density at radius 3 is 2.38 bits per heavy atom. The molecule has 0 aliphatic heterocycles. The summed E-state index contributed by atoms with van der Waals surface area (Å²) in [7, 11) is -3.80. The highest BCUT2D eigenvalue weighted by atomic mass is 32.2. The first kappa shape index (κ1) is 21.5. The number of carbonyl (C=O) groups excluding carboxylic acids is 2. The van der Waals surface area contributed by atoms with E-state index in [2.05, 4.69) is 4.98 Å². The van der Waals surface area contributed by atoms with Crippen LogP contribution in [0.2, 0.25) is 0 Å². The minimum absolute atomic E-state index is 0.0537. The maximum Gasteiger partial charge on any atom is 0.281 e. The maximum atomic E-state index is 13.2. The monoisotopic (exact) mass is 432 g/mol. The van der Waals surface area contributed by atoms with Crippen LogP contribution in [0, 0.1) is 0 Å². The number of nitrogens with zero attached hydrogens (tertiary/aromatic N) is 2. The molecule has 3 rings (SSSR count). The zero-order valence-electron chi connectivity index (χ0n) is 16.6. The number of pyridine rings is 1. The molecule has 0 atom stereocenters. The summed E-state index contributed by atoms with van der Waals surface area (Å²) in [6.07, 6.45) is 5.67. The maximum absolute atomic E-state index is 13.2. The van der Waals surface area contributed by atoms with Crippen molar-refractivity contribution >= 4 is 38.4 Å². The van der Waals surface area contributed by atoms with Crippen LogP contribution in [0.25, 0.3) is 0 Å². The summed E-state index contributed by atoms with van der Waals surface area (Å²) in [4.78, 5) is 27.4. The van der Waals surface area contributed by atoms with Crippen LogP contribution in [0.5, 0.6) is 0 Å². The van der Waals surface area contributed by atoms with Crippen LogP contribution in [0.15, 0.2) is 41.6 Å². The van der Waals surface area contributed by atoms with Crippen LogP contribution in [0.4, 0.5) is 5.69 Å². The second kappa shape index (κ2) is 9.09. The number of aryl methyl sites for hydroxylation is 2. The van der Waals surface area contributed by atoms with Gasteiger partial charge in [0.2, 0.25) is 0 Å². The van der Waals surface area contributed by atoms with E-state index in [4.69, 9.17) is 0 Å². The zero-order valence-corrected chi connectivity index (χ0v) is 18.2. The Morgan fingerprint density at radius 1 is 1.10 bits per heavy atom. The molecule has 0 amide bonds. The molecule has 0 bridgehead atoms. The van der Waals surface area contributed by atoms with Crippen molar-refractivity contribution in [3.05, 3.63) is 53.2 Å². The molecule has 6 nitrogen and oxygen atoms in total. The highest BCUT2D eigenvalue weighted by Gasteiger charge is 2.26. The first-order valence-corrected chi connectivity index (χ1v) is 12.0. The summed E-state index contributed by atoms with van der Waals surface area (Å²) >= 11 is 0.959. The molecule has 1 aliphatic rings. The van der Waals surface area contributed by atoms with Gasteiger partial charge in [-0.25, -0.2) is 4.98 Å². The Hall–Kier alpha value is -2.19. The van der Waals surface area contributed by atoms with E-state index in [1.54, 1.807) is 43.5 Å². The van der Waals surface area contributed by atoms with Crippen molar-refractivity contribution in [3.8, 4) is 0 Å². The van der Waals surface area contributed by atoms with Gasteiger partial charge in [0.25, 0.3) is 10.0 Å².